The van der Waals surface area contributed by atoms with E-state index in [2.05, 4.69) is 47.2 Å². The molecule has 1 saturated carbocycles. The van der Waals surface area contributed by atoms with Crippen LogP contribution in [0, 0.1) is 11.8 Å². The molecule has 3 unspecified atom stereocenters. The fraction of sp³-hybridized carbons (Fsp3) is 0.625. The van der Waals surface area contributed by atoms with Crippen molar-refractivity contribution >= 4 is 15.9 Å². The largest absolute Gasteiger partial charge is 0.454 e. The summed E-state index contributed by atoms with van der Waals surface area (Å²) in [7, 11) is 0. The fourth-order valence-electron chi connectivity index (χ4n) is 3.48. The first-order valence-electron chi connectivity index (χ1n) is 7.50. The Balaban J connectivity index is 1.63. The third-order valence-corrected chi connectivity index (χ3v) is 5.40. The molecule has 4 heteroatoms. The van der Waals surface area contributed by atoms with E-state index in [-0.39, 0.29) is 0 Å². The van der Waals surface area contributed by atoms with Gasteiger partial charge in [-0.25, -0.2) is 0 Å². The molecule has 1 aliphatic heterocycles. The Kier molecular flexibility index (Phi) is 4.22. The molecular formula is C16H22BrNO2. The van der Waals surface area contributed by atoms with Gasteiger partial charge in [0.2, 0.25) is 6.79 Å². The minimum Gasteiger partial charge on any atom is -0.454 e. The zero-order chi connectivity index (χ0) is 14.1. The van der Waals surface area contributed by atoms with Gasteiger partial charge in [0.25, 0.3) is 0 Å². The number of hydrogen-bond donors (Lipinski definition) is 1. The first-order chi connectivity index (χ1) is 9.69. The van der Waals surface area contributed by atoms with Crippen LogP contribution in [-0.4, -0.2) is 12.8 Å². The Morgan fingerprint density at radius 3 is 2.90 bits per heavy atom. The number of benzene rings is 1. The van der Waals surface area contributed by atoms with E-state index in [1.807, 2.05) is 0 Å². The lowest BCUT2D eigenvalue weighted by Gasteiger charge is -2.21. The van der Waals surface area contributed by atoms with Gasteiger partial charge in [-0.05, 0) is 58.3 Å². The van der Waals surface area contributed by atoms with E-state index < -0.39 is 0 Å². The summed E-state index contributed by atoms with van der Waals surface area (Å²) in [4.78, 5) is 0. The van der Waals surface area contributed by atoms with Crippen molar-refractivity contribution in [1.82, 2.24) is 5.32 Å². The number of fused-ring (bicyclic) bond motifs is 1. The van der Waals surface area contributed by atoms with Crippen LogP contribution in [0.5, 0.6) is 11.5 Å². The summed E-state index contributed by atoms with van der Waals surface area (Å²) in [6, 6.07) is 4.85. The summed E-state index contributed by atoms with van der Waals surface area (Å²) in [6.45, 7) is 5.90. The molecule has 2 aliphatic rings. The molecule has 3 atom stereocenters. The number of nitrogens with one attached hydrogen (secondary N) is 1. The molecule has 3 nitrogen and oxygen atoms in total. The molecule has 1 N–H and O–H groups in total. The molecule has 0 amide bonds. The second kappa shape index (κ2) is 5.94. The van der Waals surface area contributed by atoms with Crippen LogP contribution in [0.4, 0.5) is 0 Å². The maximum absolute atomic E-state index is 5.47. The minimum absolute atomic E-state index is 0.322. The van der Waals surface area contributed by atoms with E-state index >= 15 is 0 Å². The van der Waals surface area contributed by atoms with E-state index in [0.717, 1.165) is 34.4 Å². The standard InChI is InChI=1S/C16H22BrNO2/c1-3-12-4-5-14(10(12)2)18-8-11-6-13(17)16-15(7-11)19-9-20-16/h6-7,10,12,14,18H,3-5,8-9H2,1-2H3. The summed E-state index contributed by atoms with van der Waals surface area (Å²) < 4.78 is 11.9. The van der Waals surface area contributed by atoms with Crippen LogP contribution in [0.3, 0.4) is 0 Å². The van der Waals surface area contributed by atoms with Crippen molar-refractivity contribution in [2.24, 2.45) is 11.8 Å². The Bertz CT molecular complexity index is 492. The second-order valence-electron chi connectivity index (χ2n) is 5.90. The molecule has 0 radical (unpaired) electrons. The Hall–Kier alpha value is -0.740. The van der Waals surface area contributed by atoms with Crippen LogP contribution in [0.15, 0.2) is 16.6 Å². The maximum Gasteiger partial charge on any atom is 0.231 e. The maximum atomic E-state index is 5.47. The van der Waals surface area contributed by atoms with Crippen LogP contribution < -0.4 is 14.8 Å². The van der Waals surface area contributed by atoms with E-state index in [1.54, 1.807) is 0 Å². The second-order valence-corrected chi connectivity index (χ2v) is 6.76. The van der Waals surface area contributed by atoms with Crippen molar-refractivity contribution < 1.29 is 9.47 Å². The van der Waals surface area contributed by atoms with Crippen LogP contribution in [0.1, 0.15) is 38.7 Å². The zero-order valence-corrected chi connectivity index (χ0v) is 13.7. The lowest BCUT2D eigenvalue weighted by molar-refractivity contribution is 0.173. The summed E-state index contributed by atoms with van der Waals surface area (Å²) in [6.07, 6.45) is 3.96. The third kappa shape index (κ3) is 2.68. The topological polar surface area (TPSA) is 30.5 Å². The molecule has 0 saturated heterocycles. The van der Waals surface area contributed by atoms with E-state index in [9.17, 15) is 0 Å². The van der Waals surface area contributed by atoms with Crippen LogP contribution in [0.2, 0.25) is 0 Å². The summed E-state index contributed by atoms with van der Waals surface area (Å²) >= 11 is 3.55. The Labute approximate surface area is 129 Å². The molecule has 0 bridgehead atoms. The van der Waals surface area contributed by atoms with Gasteiger partial charge in [-0.15, -0.1) is 0 Å². The van der Waals surface area contributed by atoms with Gasteiger partial charge in [-0.3, -0.25) is 0 Å². The number of ether oxygens (including phenoxy) is 2. The van der Waals surface area contributed by atoms with Gasteiger partial charge >= 0.3 is 0 Å². The van der Waals surface area contributed by atoms with Crippen LogP contribution >= 0.6 is 15.9 Å². The highest BCUT2D eigenvalue weighted by Gasteiger charge is 2.31. The third-order valence-electron chi connectivity index (χ3n) is 4.81. The predicted octanol–water partition coefficient (Wildman–Crippen LogP) is 4.09. The van der Waals surface area contributed by atoms with Crippen LogP contribution in [0.25, 0.3) is 0 Å². The van der Waals surface area contributed by atoms with Gasteiger partial charge in [0, 0.05) is 12.6 Å². The molecule has 0 spiro atoms. The summed E-state index contributed by atoms with van der Waals surface area (Å²) in [5.74, 6) is 3.34. The van der Waals surface area contributed by atoms with Crippen molar-refractivity contribution in [2.75, 3.05) is 6.79 Å². The molecule has 0 aromatic heterocycles. The highest BCUT2D eigenvalue weighted by Crippen LogP contribution is 2.40. The van der Waals surface area contributed by atoms with Crippen molar-refractivity contribution in [2.45, 2.75) is 45.7 Å². The minimum atomic E-state index is 0.322. The van der Waals surface area contributed by atoms with E-state index in [1.165, 1.54) is 24.8 Å². The number of rotatable bonds is 4. The molecule has 20 heavy (non-hydrogen) atoms. The van der Waals surface area contributed by atoms with Gasteiger partial charge in [0.15, 0.2) is 11.5 Å². The van der Waals surface area contributed by atoms with Gasteiger partial charge in [0.05, 0.1) is 4.47 Å². The molecule has 1 aliphatic carbocycles. The highest BCUT2D eigenvalue weighted by atomic mass is 79.9. The normalized spacial score (nSPS) is 28.1. The van der Waals surface area contributed by atoms with Crippen molar-refractivity contribution in [3.63, 3.8) is 0 Å². The van der Waals surface area contributed by atoms with Gasteiger partial charge in [0.1, 0.15) is 0 Å². The molecule has 1 aromatic carbocycles. The van der Waals surface area contributed by atoms with Crippen molar-refractivity contribution in [1.29, 1.82) is 0 Å². The SMILES string of the molecule is CCC1CCC(NCc2cc(Br)c3c(c2)OCO3)C1C. The molecule has 110 valence electrons. The van der Waals surface area contributed by atoms with Crippen molar-refractivity contribution in [3.05, 3.63) is 22.2 Å². The van der Waals surface area contributed by atoms with Gasteiger partial charge < -0.3 is 14.8 Å². The summed E-state index contributed by atoms with van der Waals surface area (Å²) in [5.41, 5.74) is 1.24. The monoisotopic (exact) mass is 339 g/mol. The average molecular weight is 340 g/mol. The van der Waals surface area contributed by atoms with E-state index in [4.69, 9.17) is 9.47 Å². The first-order valence-corrected chi connectivity index (χ1v) is 8.29. The van der Waals surface area contributed by atoms with Crippen LogP contribution in [-0.2, 0) is 6.54 Å². The lowest BCUT2D eigenvalue weighted by Crippen LogP contribution is -2.32. The van der Waals surface area contributed by atoms with E-state index in [0.29, 0.717) is 12.8 Å². The number of halogens is 1. The molecule has 1 heterocycles. The molecule has 3 rings (SSSR count). The quantitative estimate of drug-likeness (QED) is 0.895. The predicted molar refractivity (Wildman–Crippen MR) is 83.1 cm³/mol. The molecule has 1 aromatic rings. The number of hydrogen-bond acceptors (Lipinski definition) is 3. The lowest BCUT2D eigenvalue weighted by atomic mass is 9.93. The van der Waals surface area contributed by atoms with Gasteiger partial charge in [-0.2, -0.15) is 0 Å². The molecular weight excluding hydrogens is 318 g/mol. The molecule has 1 fully saturated rings. The smallest absolute Gasteiger partial charge is 0.231 e. The van der Waals surface area contributed by atoms with Crippen molar-refractivity contribution in [3.8, 4) is 11.5 Å². The highest BCUT2D eigenvalue weighted by molar-refractivity contribution is 9.10. The zero-order valence-electron chi connectivity index (χ0n) is 12.1. The fourth-order valence-corrected chi connectivity index (χ4v) is 4.09. The average Bonchev–Trinajstić information content (AvgIpc) is 3.03. The van der Waals surface area contributed by atoms with Gasteiger partial charge in [-0.1, -0.05) is 20.3 Å². The summed E-state index contributed by atoms with van der Waals surface area (Å²) in [5, 5.41) is 3.71. The first kappa shape index (κ1) is 14.2. The Morgan fingerprint density at radius 1 is 1.30 bits per heavy atom. The Morgan fingerprint density at radius 2 is 2.15 bits per heavy atom.